The van der Waals surface area contributed by atoms with E-state index in [4.69, 9.17) is 15.1 Å². The molecule has 234 valence electrons. The average molecular weight is 632 g/mol. The summed E-state index contributed by atoms with van der Waals surface area (Å²) >= 11 is 0. The van der Waals surface area contributed by atoms with E-state index >= 15 is 0 Å². The van der Waals surface area contributed by atoms with Crippen molar-refractivity contribution in [2.24, 2.45) is 10.7 Å². The van der Waals surface area contributed by atoms with Crippen LogP contribution >= 0.6 is 0 Å². The molecular formula is C45H33N3O. The zero-order chi connectivity index (χ0) is 32.7. The summed E-state index contributed by atoms with van der Waals surface area (Å²) in [6.45, 7) is 0.494. The van der Waals surface area contributed by atoms with Crippen molar-refractivity contribution in [3.8, 4) is 11.1 Å². The molecule has 0 aliphatic rings. The molecule has 3 N–H and O–H groups in total. The van der Waals surface area contributed by atoms with Crippen molar-refractivity contribution in [2.75, 3.05) is 0 Å². The van der Waals surface area contributed by atoms with Gasteiger partial charge in [0.2, 0.25) is 0 Å². The van der Waals surface area contributed by atoms with Crippen LogP contribution < -0.4 is 11.1 Å². The molecular weight excluding hydrogens is 599 g/mol. The van der Waals surface area contributed by atoms with E-state index in [2.05, 4.69) is 127 Å². The first kappa shape index (κ1) is 29.0. The molecule has 1 aromatic heterocycles. The number of hydrogen-bond donors (Lipinski definition) is 2. The van der Waals surface area contributed by atoms with Gasteiger partial charge >= 0.3 is 0 Å². The monoisotopic (exact) mass is 631 g/mol. The van der Waals surface area contributed by atoms with E-state index in [0.29, 0.717) is 6.54 Å². The fourth-order valence-corrected chi connectivity index (χ4v) is 7.04. The van der Waals surface area contributed by atoms with Crippen LogP contribution in [0, 0.1) is 0 Å². The quantitative estimate of drug-likeness (QED) is 0.0631. The third-order valence-electron chi connectivity index (χ3n) is 9.54. The minimum atomic E-state index is -0.439. The normalized spacial score (nSPS) is 12.7. The van der Waals surface area contributed by atoms with Crippen LogP contribution in [0.25, 0.3) is 65.4 Å². The Morgan fingerprint density at radius 2 is 1.20 bits per heavy atom. The first-order valence-corrected chi connectivity index (χ1v) is 16.7. The van der Waals surface area contributed by atoms with Gasteiger partial charge in [0, 0.05) is 16.3 Å². The molecule has 0 radical (unpaired) electrons. The van der Waals surface area contributed by atoms with Crippen LogP contribution in [-0.4, -0.2) is 5.84 Å². The number of furan rings is 1. The maximum atomic E-state index is 6.83. The molecule has 9 aromatic rings. The Hall–Kier alpha value is -6.23. The largest absolute Gasteiger partial charge is 0.456 e. The number of fused-ring (bicyclic) bond motifs is 7. The third-order valence-corrected chi connectivity index (χ3v) is 9.54. The Balaban J connectivity index is 1.13. The van der Waals surface area contributed by atoms with Gasteiger partial charge < -0.3 is 15.5 Å². The molecule has 0 spiro atoms. The molecule has 1 unspecified atom stereocenters. The highest BCUT2D eigenvalue weighted by Crippen LogP contribution is 2.35. The zero-order valence-corrected chi connectivity index (χ0v) is 26.8. The summed E-state index contributed by atoms with van der Waals surface area (Å²) in [5.41, 5.74) is 14.1. The Morgan fingerprint density at radius 1 is 0.531 bits per heavy atom. The van der Waals surface area contributed by atoms with Crippen molar-refractivity contribution in [1.29, 1.82) is 0 Å². The molecule has 1 heterocycles. The second-order valence-corrected chi connectivity index (χ2v) is 12.6. The SMILES string of the molecule is NC(NC(=NCc1ccc(-c2ccc3oc4ccccc4c3c2)cc1)c1c2ccccc2cc2c1ccc1ccccc12)c1ccccc1. The highest BCUT2D eigenvalue weighted by Gasteiger charge is 2.18. The van der Waals surface area contributed by atoms with Crippen LogP contribution in [-0.2, 0) is 6.54 Å². The van der Waals surface area contributed by atoms with Gasteiger partial charge in [0.25, 0.3) is 0 Å². The molecule has 0 aliphatic heterocycles. The fraction of sp³-hybridized carbons (Fsp3) is 0.0444. The standard InChI is InChI=1S/C45H33N3O/c46-44(32-11-2-1-3-12-32)48-45(43-36-15-7-5-13-34(36)27-39-35-14-6-4-10-31(35)22-24-38(39)43)47-28-29-18-20-30(21-19-29)33-23-25-42-40(26-33)37-16-8-9-17-41(37)49-42/h1-27,44H,28,46H2,(H,47,48). The minimum Gasteiger partial charge on any atom is -0.456 e. The number of rotatable bonds is 6. The van der Waals surface area contributed by atoms with E-state index < -0.39 is 6.17 Å². The number of nitrogens with one attached hydrogen (secondary N) is 1. The second kappa shape index (κ2) is 12.1. The number of benzene rings is 8. The van der Waals surface area contributed by atoms with Crippen molar-refractivity contribution in [1.82, 2.24) is 5.32 Å². The van der Waals surface area contributed by atoms with Crippen molar-refractivity contribution in [2.45, 2.75) is 12.7 Å². The predicted molar refractivity (Wildman–Crippen MR) is 205 cm³/mol. The maximum Gasteiger partial charge on any atom is 0.135 e. The summed E-state index contributed by atoms with van der Waals surface area (Å²) in [4.78, 5) is 5.29. The number of para-hydroxylation sites is 1. The molecule has 0 bridgehead atoms. The Morgan fingerprint density at radius 3 is 2.04 bits per heavy atom. The van der Waals surface area contributed by atoms with Gasteiger partial charge in [-0.1, -0.05) is 140 Å². The number of aliphatic imine (C=N–C) groups is 1. The van der Waals surface area contributed by atoms with Gasteiger partial charge in [0.15, 0.2) is 0 Å². The first-order valence-electron chi connectivity index (χ1n) is 16.7. The number of amidine groups is 1. The summed E-state index contributed by atoms with van der Waals surface area (Å²) in [7, 11) is 0. The van der Waals surface area contributed by atoms with Gasteiger partial charge in [-0.2, -0.15) is 0 Å². The highest BCUT2D eigenvalue weighted by molar-refractivity contribution is 6.24. The lowest BCUT2D eigenvalue weighted by atomic mass is 9.92. The van der Waals surface area contributed by atoms with Crippen LogP contribution in [0.5, 0.6) is 0 Å². The van der Waals surface area contributed by atoms with Crippen LogP contribution in [0.3, 0.4) is 0 Å². The van der Waals surface area contributed by atoms with Crippen LogP contribution in [0.15, 0.2) is 173 Å². The number of nitrogens with two attached hydrogens (primary N) is 1. The summed E-state index contributed by atoms with van der Waals surface area (Å²) in [6.07, 6.45) is -0.439. The molecule has 4 heteroatoms. The number of hydrogen-bond acceptors (Lipinski definition) is 3. The molecule has 0 saturated carbocycles. The number of nitrogens with zero attached hydrogens (tertiary/aromatic N) is 1. The molecule has 9 rings (SSSR count). The van der Waals surface area contributed by atoms with Gasteiger partial charge in [-0.25, -0.2) is 0 Å². The topological polar surface area (TPSA) is 63.5 Å². The predicted octanol–water partition coefficient (Wildman–Crippen LogP) is 10.9. The molecule has 0 fully saturated rings. The van der Waals surface area contributed by atoms with E-state index in [0.717, 1.165) is 71.8 Å². The van der Waals surface area contributed by atoms with Crippen LogP contribution in [0.2, 0.25) is 0 Å². The molecule has 0 saturated heterocycles. The second-order valence-electron chi connectivity index (χ2n) is 12.6. The lowest BCUT2D eigenvalue weighted by Gasteiger charge is -2.21. The Labute approximate surface area is 284 Å². The zero-order valence-electron chi connectivity index (χ0n) is 26.8. The summed E-state index contributed by atoms with van der Waals surface area (Å²) in [5.74, 6) is 0.773. The minimum absolute atomic E-state index is 0.439. The average Bonchev–Trinajstić information content (AvgIpc) is 3.54. The van der Waals surface area contributed by atoms with E-state index in [-0.39, 0.29) is 0 Å². The van der Waals surface area contributed by atoms with Gasteiger partial charge in [-0.15, -0.1) is 0 Å². The van der Waals surface area contributed by atoms with Crippen molar-refractivity contribution in [3.05, 3.63) is 180 Å². The van der Waals surface area contributed by atoms with Crippen LogP contribution in [0.4, 0.5) is 0 Å². The smallest absolute Gasteiger partial charge is 0.135 e. The Bertz CT molecular complexity index is 2670. The molecule has 1 atom stereocenters. The van der Waals surface area contributed by atoms with E-state index in [1.54, 1.807) is 0 Å². The van der Waals surface area contributed by atoms with Gasteiger partial charge in [0.05, 0.1) is 6.54 Å². The molecule has 4 nitrogen and oxygen atoms in total. The van der Waals surface area contributed by atoms with E-state index in [1.165, 1.54) is 16.2 Å². The summed E-state index contributed by atoms with van der Waals surface area (Å²) < 4.78 is 6.05. The summed E-state index contributed by atoms with van der Waals surface area (Å²) in [6, 6.07) is 57.3. The van der Waals surface area contributed by atoms with Crippen molar-refractivity contribution < 1.29 is 4.42 Å². The molecule has 49 heavy (non-hydrogen) atoms. The first-order chi connectivity index (χ1) is 24.2. The van der Waals surface area contributed by atoms with Gasteiger partial charge in [-0.3, -0.25) is 4.99 Å². The van der Waals surface area contributed by atoms with Crippen molar-refractivity contribution in [3.63, 3.8) is 0 Å². The highest BCUT2D eigenvalue weighted by atomic mass is 16.3. The molecule has 0 amide bonds. The lowest BCUT2D eigenvalue weighted by molar-refractivity contribution is 0.669. The summed E-state index contributed by atoms with van der Waals surface area (Å²) in [5, 5.41) is 13.0. The fourth-order valence-electron chi connectivity index (χ4n) is 7.04. The van der Waals surface area contributed by atoms with Crippen molar-refractivity contribution >= 4 is 60.1 Å². The molecule has 0 aliphatic carbocycles. The third kappa shape index (κ3) is 5.29. The van der Waals surface area contributed by atoms with E-state index in [9.17, 15) is 0 Å². The van der Waals surface area contributed by atoms with Crippen LogP contribution in [0.1, 0.15) is 22.9 Å². The van der Waals surface area contributed by atoms with E-state index in [1.807, 2.05) is 42.5 Å². The van der Waals surface area contributed by atoms with Gasteiger partial charge in [0.1, 0.15) is 23.2 Å². The van der Waals surface area contributed by atoms with Gasteiger partial charge in [-0.05, 0) is 78.8 Å². The Kier molecular flexibility index (Phi) is 7.15. The maximum absolute atomic E-state index is 6.83. The lowest BCUT2D eigenvalue weighted by Crippen LogP contribution is -2.35. The molecule has 8 aromatic carbocycles.